The van der Waals surface area contributed by atoms with Crippen LogP contribution in [-0.4, -0.2) is 40.3 Å². The number of esters is 1. The van der Waals surface area contributed by atoms with Gasteiger partial charge in [-0.3, -0.25) is 9.59 Å². The van der Waals surface area contributed by atoms with Crippen LogP contribution in [0.25, 0.3) is 0 Å². The number of Topliss-reactive ketones (excluding diaryl/α,β-unsaturated/α-hetero) is 1. The minimum Gasteiger partial charge on any atom is -0.457 e. The van der Waals surface area contributed by atoms with Crippen molar-refractivity contribution in [3.63, 3.8) is 0 Å². The second-order valence-electron chi connectivity index (χ2n) is 10.2. The fourth-order valence-corrected chi connectivity index (χ4v) is 6.91. The summed E-state index contributed by atoms with van der Waals surface area (Å²) < 4.78 is 12.1. The van der Waals surface area contributed by atoms with Crippen LogP contribution in [0.15, 0.2) is 12.7 Å². The lowest BCUT2D eigenvalue weighted by Gasteiger charge is -2.67. The van der Waals surface area contributed by atoms with E-state index in [1.54, 1.807) is 6.08 Å². The van der Waals surface area contributed by atoms with Gasteiger partial charge in [0.1, 0.15) is 11.4 Å². The van der Waals surface area contributed by atoms with Crippen molar-refractivity contribution in [1.29, 1.82) is 0 Å². The zero-order valence-corrected chi connectivity index (χ0v) is 17.5. The number of ketones is 1. The van der Waals surface area contributed by atoms with Crippen molar-refractivity contribution in [2.75, 3.05) is 0 Å². The number of aliphatic hydroxyl groups is 1. The lowest BCUT2D eigenvalue weighted by molar-refractivity contribution is -0.307. The first-order valence-electron chi connectivity index (χ1n) is 10.0. The van der Waals surface area contributed by atoms with E-state index in [1.165, 1.54) is 6.92 Å². The molecule has 7 atom stereocenters. The Morgan fingerprint density at radius 2 is 1.89 bits per heavy atom. The normalized spacial score (nSPS) is 48.9. The van der Waals surface area contributed by atoms with Crippen molar-refractivity contribution in [2.24, 2.45) is 22.7 Å². The van der Waals surface area contributed by atoms with Crippen molar-refractivity contribution in [2.45, 2.75) is 90.6 Å². The van der Waals surface area contributed by atoms with Gasteiger partial charge in [0, 0.05) is 13.3 Å². The average Bonchev–Trinajstić information content (AvgIpc) is 2.49. The summed E-state index contributed by atoms with van der Waals surface area (Å²) in [6.45, 7) is 15.2. The maximum absolute atomic E-state index is 13.5. The summed E-state index contributed by atoms with van der Waals surface area (Å²) in [6, 6.07) is 0. The van der Waals surface area contributed by atoms with E-state index in [2.05, 4.69) is 27.4 Å². The lowest BCUT2D eigenvalue weighted by atomic mass is 9.42. The molecule has 2 saturated carbocycles. The van der Waals surface area contributed by atoms with Crippen LogP contribution in [0.4, 0.5) is 0 Å². The summed E-state index contributed by atoms with van der Waals surface area (Å²) in [6.07, 6.45) is 2.94. The smallest absolute Gasteiger partial charge is 0.303 e. The van der Waals surface area contributed by atoms with Crippen molar-refractivity contribution in [1.82, 2.24) is 0 Å². The molecule has 0 amide bonds. The van der Waals surface area contributed by atoms with E-state index in [-0.39, 0.29) is 23.5 Å². The molecular weight excluding hydrogens is 344 g/mol. The van der Waals surface area contributed by atoms with Crippen molar-refractivity contribution >= 4 is 11.8 Å². The fourth-order valence-electron chi connectivity index (χ4n) is 6.91. The topological polar surface area (TPSA) is 72.8 Å². The number of carbonyl (C=O) groups is 2. The van der Waals surface area contributed by atoms with E-state index in [9.17, 15) is 14.7 Å². The van der Waals surface area contributed by atoms with Crippen molar-refractivity contribution in [3.8, 4) is 0 Å². The second kappa shape index (κ2) is 6.15. The number of ether oxygens (including phenoxy) is 2. The first kappa shape index (κ1) is 20.5. The molecule has 1 saturated heterocycles. The molecule has 3 rings (SSSR count). The summed E-state index contributed by atoms with van der Waals surface area (Å²) >= 11 is 0. The summed E-state index contributed by atoms with van der Waals surface area (Å²) in [5.41, 5.74) is -2.51. The number of rotatable bonds is 2. The first-order chi connectivity index (χ1) is 12.3. The Kier molecular flexibility index (Phi) is 4.68. The highest BCUT2D eigenvalue weighted by Crippen LogP contribution is 2.65. The van der Waals surface area contributed by atoms with Gasteiger partial charge in [-0.25, -0.2) is 0 Å². The molecule has 3 aliphatic rings. The summed E-state index contributed by atoms with van der Waals surface area (Å²) in [5, 5.41) is 11.5. The van der Waals surface area contributed by atoms with Gasteiger partial charge in [0.05, 0.1) is 17.6 Å². The molecule has 0 aromatic carbocycles. The highest BCUT2D eigenvalue weighted by atomic mass is 16.6. The largest absolute Gasteiger partial charge is 0.457 e. The molecule has 1 N–H and O–H groups in total. The number of aliphatic hydroxyl groups excluding tert-OH is 1. The fraction of sp³-hybridized carbons (Fsp3) is 0.818. The zero-order chi connectivity index (χ0) is 20.4. The third kappa shape index (κ3) is 2.89. The van der Waals surface area contributed by atoms with E-state index in [1.807, 2.05) is 13.8 Å². The number of fused-ring (bicyclic) bond motifs is 3. The highest BCUT2D eigenvalue weighted by Gasteiger charge is 2.71. The molecule has 152 valence electrons. The zero-order valence-electron chi connectivity index (χ0n) is 17.5. The Balaban J connectivity index is 2.20. The van der Waals surface area contributed by atoms with Crippen LogP contribution in [0, 0.1) is 22.7 Å². The Morgan fingerprint density at radius 1 is 1.26 bits per heavy atom. The number of hydrogen-bond acceptors (Lipinski definition) is 5. The molecule has 27 heavy (non-hydrogen) atoms. The molecule has 0 spiro atoms. The molecule has 5 nitrogen and oxygen atoms in total. The molecule has 3 fully saturated rings. The Hall–Kier alpha value is -1.20. The molecule has 2 aliphatic carbocycles. The van der Waals surface area contributed by atoms with Gasteiger partial charge < -0.3 is 14.6 Å². The summed E-state index contributed by atoms with van der Waals surface area (Å²) in [7, 11) is 0. The maximum atomic E-state index is 13.5. The minimum atomic E-state index is -1.10. The molecule has 1 unspecified atom stereocenters. The quantitative estimate of drug-likeness (QED) is 0.589. The van der Waals surface area contributed by atoms with E-state index < -0.39 is 40.7 Å². The predicted molar refractivity (Wildman–Crippen MR) is 102 cm³/mol. The Morgan fingerprint density at radius 3 is 2.44 bits per heavy atom. The highest BCUT2D eigenvalue weighted by molar-refractivity contribution is 5.86. The minimum absolute atomic E-state index is 0.111. The molecule has 1 heterocycles. The van der Waals surface area contributed by atoms with Gasteiger partial charge >= 0.3 is 5.97 Å². The molecule has 0 radical (unpaired) electrons. The second-order valence-corrected chi connectivity index (χ2v) is 10.2. The van der Waals surface area contributed by atoms with E-state index >= 15 is 0 Å². The predicted octanol–water partition coefficient (Wildman–Crippen LogP) is 3.43. The SMILES string of the molecule is C=C[C@@]1(C)CC(=O)C2[C@](C)(O1)[C@H](OC(C)=O)[C@@H](O)[C@H]1C(C)(C)CCC[C@]21C. The van der Waals surface area contributed by atoms with Crippen molar-refractivity contribution in [3.05, 3.63) is 12.7 Å². The maximum Gasteiger partial charge on any atom is 0.303 e. The van der Waals surface area contributed by atoms with Crippen LogP contribution in [0.2, 0.25) is 0 Å². The summed E-state index contributed by atoms with van der Waals surface area (Å²) in [5.74, 6) is -0.948. The van der Waals surface area contributed by atoms with Gasteiger partial charge in [0.15, 0.2) is 6.10 Å². The van der Waals surface area contributed by atoms with E-state index in [4.69, 9.17) is 9.47 Å². The van der Waals surface area contributed by atoms with Crippen molar-refractivity contribution < 1.29 is 24.2 Å². The van der Waals surface area contributed by atoms with Gasteiger partial charge in [0.2, 0.25) is 0 Å². The third-order valence-electron chi connectivity index (χ3n) is 7.56. The number of carbonyl (C=O) groups excluding carboxylic acids is 2. The van der Waals surface area contributed by atoms with Gasteiger partial charge in [-0.2, -0.15) is 0 Å². The van der Waals surface area contributed by atoms with E-state index in [0.717, 1.165) is 19.3 Å². The van der Waals surface area contributed by atoms with Crippen LogP contribution in [0.5, 0.6) is 0 Å². The van der Waals surface area contributed by atoms with Crippen LogP contribution >= 0.6 is 0 Å². The average molecular weight is 379 g/mol. The third-order valence-corrected chi connectivity index (χ3v) is 7.56. The first-order valence-corrected chi connectivity index (χ1v) is 10.0. The Labute approximate surface area is 162 Å². The molecule has 0 aromatic rings. The van der Waals surface area contributed by atoms with Crippen LogP contribution < -0.4 is 0 Å². The van der Waals surface area contributed by atoms with Crippen LogP contribution in [0.3, 0.4) is 0 Å². The van der Waals surface area contributed by atoms with Gasteiger partial charge in [-0.1, -0.05) is 33.3 Å². The van der Waals surface area contributed by atoms with Crippen LogP contribution in [0.1, 0.15) is 67.2 Å². The molecule has 0 aromatic heterocycles. The lowest BCUT2D eigenvalue weighted by Crippen LogP contribution is -2.75. The monoisotopic (exact) mass is 378 g/mol. The van der Waals surface area contributed by atoms with E-state index in [0.29, 0.717) is 0 Å². The molecule has 5 heteroatoms. The van der Waals surface area contributed by atoms with Gasteiger partial charge in [0.25, 0.3) is 0 Å². The molecule has 0 bridgehead atoms. The molecular formula is C22H34O5. The number of hydrogen-bond donors (Lipinski definition) is 1. The standard InChI is InChI=1S/C22H34O5/c1-8-20(5)12-14(24)16-21(6)11-9-10-19(3,4)17(21)15(25)18(26-13(2)23)22(16,7)27-20/h8,15-18,25H,1,9-12H2,2-7H3/t15-,16?,17-,18+,20-,21+,22-/m0/s1. The molecule has 1 aliphatic heterocycles. The van der Waals surface area contributed by atoms with Crippen LogP contribution in [-0.2, 0) is 19.1 Å². The Bertz CT molecular complexity index is 670. The van der Waals surface area contributed by atoms with Gasteiger partial charge in [-0.05, 0) is 43.4 Å². The summed E-state index contributed by atoms with van der Waals surface area (Å²) in [4.78, 5) is 25.4. The van der Waals surface area contributed by atoms with Gasteiger partial charge in [-0.15, -0.1) is 6.58 Å².